The van der Waals surface area contributed by atoms with Gasteiger partial charge < -0.3 is 4.74 Å². The van der Waals surface area contributed by atoms with Gasteiger partial charge in [0.15, 0.2) is 6.10 Å². The molecular formula is C20H23NO5S. The molecule has 0 aliphatic rings. The molecule has 0 fully saturated rings. The maximum Gasteiger partial charge on any atom is 0.314 e. The van der Waals surface area contributed by atoms with E-state index in [4.69, 9.17) is 4.74 Å². The number of anilines is 1. The van der Waals surface area contributed by atoms with Crippen LogP contribution in [0.2, 0.25) is 0 Å². The fraction of sp³-hybridized carbons (Fsp3) is 0.300. The number of carbonyl (C=O) groups is 2. The molecule has 0 bridgehead atoms. The van der Waals surface area contributed by atoms with Crippen LogP contribution in [0.5, 0.6) is 0 Å². The summed E-state index contributed by atoms with van der Waals surface area (Å²) in [4.78, 5) is 25.0. The first-order valence-electron chi connectivity index (χ1n) is 8.58. The van der Waals surface area contributed by atoms with E-state index in [9.17, 15) is 18.0 Å². The van der Waals surface area contributed by atoms with Crippen LogP contribution >= 0.6 is 0 Å². The topological polar surface area (TPSA) is 89.5 Å². The highest BCUT2D eigenvalue weighted by Gasteiger charge is 2.25. The smallest absolute Gasteiger partial charge is 0.314 e. The summed E-state index contributed by atoms with van der Waals surface area (Å²) in [5, 5.41) is 0. The van der Waals surface area contributed by atoms with Crippen molar-refractivity contribution in [2.45, 2.75) is 32.3 Å². The fourth-order valence-corrected chi connectivity index (χ4v) is 3.25. The lowest BCUT2D eigenvalue weighted by Gasteiger charge is -2.18. The van der Waals surface area contributed by atoms with E-state index in [0.29, 0.717) is 17.7 Å². The fourth-order valence-electron chi connectivity index (χ4n) is 2.69. The minimum absolute atomic E-state index is 0.335. The van der Waals surface area contributed by atoms with Crippen molar-refractivity contribution in [1.29, 1.82) is 0 Å². The van der Waals surface area contributed by atoms with Crippen LogP contribution in [-0.2, 0) is 19.6 Å². The van der Waals surface area contributed by atoms with Gasteiger partial charge in [-0.15, -0.1) is 0 Å². The minimum Gasteiger partial charge on any atom is -0.454 e. The van der Waals surface area contributed by atoms with Crippen molar-refractivity contribution in [3.8, 4) is 0 Å². The molecule has 0 heterocycles. The first kappa shape index (κ1) is 20.6. The lowest BCUT2D eigenvalue weighted by molar-refractivity contribution is -0.148. The molecule has 6 nitrogen and oxygen atoms in total. The molecule has 2 rings (SSSR count). The van der Waals surface area contributed by atoms with Gasteiger partial charge in [0.05, 0.1) is 12.2 Å². The Hall–Kier alpha value is -2.67. The molecule has 0 radical (unpaired) electrons. The Kier molecular flexibility index (Phi) is 6.74. The molecule has 7 heteroatoms. The Morgan fingerprint density at radius 1 is 1.04 bits per heavy atom. The molecule has 2 aromatic rings. The Bertz CT molecular complexity index is 892. The molecule has 0 saturated carbocycles. The molecule has 0 aromatic heterocycles. The summed E-state index contributed by atoms with van der Waals surface area (Å²) < 4.78 is 30.2. The van der Waals surface area contributed by atoms with Gasteiger partial charge in [-0.1, -0.05) is 37.3 Å². The van der Waals surface area contributed by atoms with E-state index in [1.807, 2.05) is 37.3 Å². The summed E-state index contributed by atoms with van der Waals surface area (Å²) in [6.07, 6.45) is 0.670. The number of carbonyl (C=O) groups excluding carboxylic acids is 2. The second-order valence-electron chi connectivity index (χ2n) is 6.27. The van der Waals surface area contributed by atoms with Crippen molar-refractivity contribution < 1.29 is 22.7 Å². The molecule has 1 N–H and O–H groups in total. The first-order chi connectivity index (χ1) is 12.7. The van der Waals surface area contributed by atoms with Gasteiger partial charge >= 0.3 is 5.97 Å². The third-order valence-corrected chi connectivity index (χ3v) is 4.64. The van der Waals surface area contributed by atoms with Crippen LogP contribution in [0.25, 0.3) is 0 Å². The minimum atomic E-state index is -3.39. The van der Waals surface area contributed by atoms with Crippen LogP contribution in [0.15, 0.2) is 54.6 Å². The van der Waals surface area contributed by atoms with Gasteiger partial charge in [0.25, 0.3) is 0 Å². The van der Waals surface area contributed by atoms with Crippen LogP contribution in [0, 0.1) is 0 Å². The van der Waals surface area contributed by atoms with Crippen molar-refractivity contribution in [1.82, 2.24) is 0 Å². The van der Waals surface area contributed by atoms with Crippen LogP contribution in [-0.4, -0.2) is 32.5 Å². The van der Waals surface area contributed by atoms with Crippen molar-refractivity contribution in [2.75, 3.05) is 11.0 Å². The molecule has 0 amide bonds. The second kappa shape index (κ2) is 8.81. The van der Waals surface area contributed by atoms with E-state index < -0.39 is 28.0 Å². The highest BCUT2D eigenvalue weighted by molar-refractivity contribution is 7.92. The zero-order valence-electron chi connectivity index (χ0n) is 15.5. The number of nitrogens with one attached hydrogen (secondary N) is 1. The summed E-state index contributed by atoms with van der Waals surface area (Å²) in [5.41, 5.74) is 1.54. The maximum atomic E-state index is 12.5. The van der Waals surface area contributed by atoms with Gasteiger partial charge in [0.1, 0.15) is 0 Å². The number of rotatable bonds is 8. The Morgan fingerprint density at radius 2 is 1.63 bits per heavy atom. The summed E-state index contributed by atoms with van der Waals surface area (Å²) >= 11 is 0. The molecule has 0 saturated heterocycles. The van der Waals surface area contributed by atoms with Gasteiger partial charge in [0, 0.05) is 11.3 Å². The lowest BCUT2D eigenvalue weighted by Crippen LogP contribution is -2.27. The molecular weight excluding hydrogens is 366 g/mol. The predicted molar refractivity (Wildman–Crippen MR) is 104 cm³/mol. The van der Waals surface area contributed by atoms with E-state index in [1.54, 1.807) is 0 Å². The monoisotopic (exact) mass is 389 g/mol. The average Bonchev–Trinajstić information content (AvgIpc) is 2.62. The van der Waals surface area contributed by atoms with Crippen LogP contribution in [0.1, 0.15) is 42.1 Å². The maximum absolute atomic E-state index is 12.5. The third-order valence-electron chi connectivity index (χ3n) is 4.03. The Balaban J connectivity index is 2.05. The number of hydrogen-bond acceptors (Lipinski definition) is 5. The quantitative estimate of drug-likeness (QED) is 0.552. The van der Waals surface area contributed by atoms with Crippen molar-refractivity contribution >= 4 is 27.5 Å². The van der Waals surface area contributed by atoms with E-state index in [-0.39, 0.29) is 5.78 Å². The van der Waals surface area contributed by atoms with Gasteiger partial charge in [-0.2, -0.15) is 0 Å². The first-order valence-corrected chi connectivity index (χ1v) is 10.5. The Morgan fingerprint density at radius 3 is 2.15 bits per heavy atom. The largest absolute Gasteiger partial charge is 0.454 e. The standard InChI is InChI=1S/C20H23NO5S/c1-4-18(15-8-6-5-7-9-15)20(23)26-14(2)19(22)16-10-12-17(13-11-16)21-27(3,24)25/h5-14,18,21H,4H2,1-3H3/t14-,18+/m0/s1. The highest BCUT2D eigenvalue weighted by Crippen LogP contribution is 2.22. The number of benzene rings is 2. The number of ketones is 1. The number of hydrogen-bond donors (Lipinski definition) is 1. The number of Topliss-reactive ketones (excluding diaryl/α,β-unsaturated/α-hetero) is 1. The lowest BCUT2D eigenvalue weighted by atomic mass is 9.96. The summed E-state index contributed by atoms with van der Waals surface area (Å²) in [6, 6.07) is 15.3. The molecule has 0 unspecified atom stereocenters. The van der Waals surface area contributed by atoms with E-state index in [0.717, 1.165) is 11.8 Å². The van der Waals surface area contributed by atoms with Crippen LogP contribution < -0.4 is 4.72 Å². The average molecular weight is 389 g/mol. The zero-order valence-corrected chi connectivity index (χ0v) is 16.3. The molecule has 0 aliphatic heterocycles. The highest BCUT2D eigenvalue weighted by atomic mass is 32.2. The third kappa shape index (κ3) is 5.92. The predicted octanol–water partition coefficient (Wildman–Crippen LogP) is 3.37. The summed E-state index contributed by atoms with van der Waals surface area (Å²) in [5.74, 6) is -1.22. The molecule has 2 atom stereocenters. The van der Waals surface area contributed by atoms with E-state index in [2.05, 4.69) is 4.72 Å². The number of ether oxygens (including phenoxy) is 1. The summed E-state index contributed by atoms with van der Waals surface area (Å²) in [7, 11) is -3.39. The van der Waals surface area contributed by atoms with Crippen molar-refractivity contribution in [3.63, 3.8) is 0 Å². The SMILES string of the molecule is CC[C@@H](C(=O)O[C@@H](C)C(=O)c1ccc(NS(C)(=O)=O)cc1)c1ccccc1. The second-order valence-corrected chi connectivity index (χ2v) is 8.01. The molecule has 2 aromatic carbocycles. The van der Waals surface area contributed by atoms with E-state index in [1.165, 1.54) is 31.2 Å². The van der Waals surface area contributed by atoms with Crippen molar-refractivity contribution in [2.24, 2.45) is 0 Å². The number of sulfonamides is 1. The van der Waals surface area contributed by atoms with Crippen molar-refractivity contribution in [3.05, 3.63) is 65.7 Å². The van der Waals surface area contributed by atoms with Crippen LogP contribution in [0.4, 0.5) is 5.69 Å². The molecule has 144 valence electrons. The normalized spacial score (nSPS) is 13.4. The van der Waals surface area contributed by atoms with Gasteiger partial charge in [0.2, 0.25) is 15.8 Å². The Labute approximate surface area is 159 Å². The van der Waals surface area contributed by atoms with Gasteiger partial charge in [-0.05, 0) is 43.2 Å². The molecule has 0 spiro atoms. The van der Waals surface area contributed by atoms with Gasteiger partial charge in [-0.3, -0.25) is 14.3 Å². The molecule has 0 aliphatic carbocycles. The zero-order chi connectivity index (χ0) is 20.0. The summed E-state index contributed by atoms with van der Waals surface area (Å²) in [6.45, 7) is 3.42. The number of esters is 1. The van der Waals surface area contributed by atoms with Gasteiger partial charge in [-0.25, -0.2) is 8.42 Å². The van der Waals surface area contributed by atoms with Crippen LogP contribution in [0.3, 0.4) is 0 Å². The molecule has 27 heavy (non-hydrogen) atoms. The van der Waals surface area contributed by atoms with E-state index >= 15 is 0 Å².